The Hall–Kier alpha value is -0.280. The molecule has 1 aromatic rings. The van der Waals surface area contributed by atoms with E-state index in [1.54, 1.807) is 0 Å². The molecule has 1 aliphatic heterocycles. The zero-order chi connectivity index (χ0) is 14.0. The van der Waals surface area contributed by atoms with Gasteiger partial charge >= 0.3 is 0 Å². The van der Waals surface area contributed by atoms with Crippen LogP contribution in [0.3, 0.4) is 0 Å². The summed E-state index contributed by atoms with van der Waals surface area (Å²) in [5.41, 5.74) is 1.15. The van der Waals surface area contributed by atoms with Gasteiger partial charge in [-0.2, -0.15) is 0 Å². The summed E-state index contributed by atoms with van der Waals surface area (Å²) in [6.07, 6.45) is 0. The molecule has 0 radical (unpaired) electrons. The molecule has 0 saturated carbocycles. The third kappa shape index (κ3) is 3.85. The Labute approximate surface area is 126 Å². The molecule has 2 nitrogen and oxygen atoms in total. The molecular weight excluding hydrogens is 279 g/mol. The summed E-state index contributed by atoms with van der Waals surface area (Å²) < 4.78 is 0. The van der Waals surface area contributed by atoms with Crippen LogP contribution in [0.15, 0.2) is 18.2 Å². The minimum absolute atomic E-state index is 0.529. The number of nitrogens with one attached hydrogen (secondary N) is 1. The van der Waals surface area contributed by atoms with E-state index in [2.05, 4.69) is 31.0 Å². The van der Waals surface area contributed by atoms with Gasteiger partial charge < -0.3 is 5.32 Å². The predicted molar refractivity (Wildman–Crippen MR) is 83.0 cm³/mol. The minimum atomic E-state index is 0.529. The van der Waals surface area contributed by atoms with E-state index in [0.717, 1.165) is 30.2 Å². The smallest absolute Gasteiger partial charge is 0.0465 e. The van der Waals surface area contributed by atoms with Crippen LogP contribution in [-0.2, 0) is 6.54 Å². The second-order valence-corrected chi connectivity index (χ2v) is 6.62. The van der Waals surface area contributed by atoms with Crippen LogP contribution < -0.4 is 5.32 Å². The lowest BCUT2D eigenvalue weighted by Gasteiger charge is -2.40. The van der Waals surface area contributed by atoms with Crippen LogP contribution in [0.4, 0.5) is 0 Å². The zero-order valence-corrected chi connectivity index (χ0v) is 13.3. The number of piperazine rings is 1. The van der Waals surface area contributed by atoms with Crippen molar-refractivity contribution >= 4 is 23.2 Å². The van der Waals surface area contributed by atoms with Crippen molar-refractivity contribution in [2.45, 2.75) is 39.4 Å². The molecule has 1 aliphatic rings. The van der Waals surface area contributed by atoms with Gasteiger partial charge in [0.2, 0.25) is 0 Å². The van der Waals surface area contributed by atoms with Crippen molar-refractivity contribution < 1.29 is 0 Å². The molecule has 1 saturated heterocycles. The summed E-state index contributed by atoms with van der Waals surface area (Å²) in [6, 6.07) is 6.86. The maximum absolute atomic E-state index is 6.27. The van der Waals surface area contributed by atoms with Crippen molar-refractivity contribution in [3.05, 3.63) is 33.8 Å². The molecule has 0 aromatic heterocycles. The Morgan fingerprint density at radius 1 is 1.37 bits per heavy atom. The van der Waals surface area contributed by atoms with E-state index in [1.807, 2.05) is 18.2 Å². The monoisotopic (exact) mass is 300 g/mol. The summed E-state index contributed by atoms with van der Waals surface area (Å²) in [5, 5.41) is 5.07. The fraction of sp³-hybridized carbons (Fsp3) is 0.600. The molecule has 0 spiro atoms. The van der Waals surface area contributed by atoms with Crippen LogP contribution in [0.2, 0.25) is 10.0 Å². The lowest BCUT2D eigenvalue weighted by Crippen LogP contribution is -2.56. The van der Waals surface area contributed by atoms with Gasteiger partial charge in [0.15, 0.2) is 0 Å². The topological polar surface area (TPSA) is 15.3 Å². The first kappa shape index (κ1) is 15.1. The van der Waals surface area contributed by atoms with Crippen LogP contribution in [0.5, 0.6) is 0 Å². The molecule has 1 heterocycles. The lowest BCUT2D eigenvalue weighted by molar-refractivity contribution is 0.116. The maximum atomic E-state index is 6.27. The number of hydrogen-bond acceptors (Lipinski definition) is 2. The molecule has 1 fully saturated rings. The molecule has 2 atom stereocenters. The summed E-state index contributed by atoms with van der Waals surface area (Å²) >= 11 is 12.2. The van der Waals surface area contributed by atoms with Gasteiger partial charge in [0.25, 0.3) is 0 Å². The number of nitrogens with zero attached hydrogens (tertiary/aromatic N) is 1. The van der Waals surface area contributed by atoms with Crippen LogP contribution >= 0.6 is 23.2 Å². The van der Waals surface area contributed by atoms with Crippen molar-refractivity contribution in [2.75, 3.05) is 13.1 Å². The standard InChI is InChI=1S/C15H22Cl2N2/c1-10(2)15-9-19(11(3)7-18-15)8-12-4-5-13(16)6-14(12)17/h4-6,10-11,15,18H,7-9H2,1-3H3. The van der Waals surface area contributed by atoms with Crippen molar-refractivity contribution in [1.82, 2.24) is 10.2 Å². The van der Waals surface area contributed by atoms with Crippen LogP contribution in [-0.4, -0.2) is 30.1 Å². The second kappa shape index (κ2) is 6.45. The number of benzene rings is 1. The Morgan fingerprint density at radius 2 is 2.11 bits per heavy atom. The quantitative estimate of drug-likeness (QED) is 0.913. The van der Waals surface area contributed by atoms with Crippen LogP contribution in [0.1, 0.15) is 26.3 Å². The van der Waals surface area contributed by atoms with Gasteiger partial charge in [-0.1, -0.05) is 43.1 Å². The third-order valence-electron chi connectivity index (χ3n) is 3.92. The van der Waals surface area contributed by atoms with E-state index in [1.165, 1.54) is 0 Å². The molecule has 0 aliphatic carbocycles. The van der Waals surface area contributed by atoms with Gasteiger partial charge in [0.1, 0.15) is 0 Å². The summed E-state index contributed by atoms with van der Waals surface area (Å²) in [4.78, 5) is 2.50. The summed E-state index contributed by atoms with van der Waals surface area (Å²) in [6.45, 7) is 9.78. The fourth-order valence-electron chi connectivity index (χ4n) is 2.48. The molecule has 2 rings (SSSR count). The van der Waals surface area contributed by atoms with Gasteiger partial charge in [-0.15, -0.1) is 0 Å². The van der Waals surface area contributed by atoms with E-state index in [4.69, 9.17) is 23.2 Å². The first-order valence-corrected chi connectivity index (χ1v) is 7.64. The molecule has 4 heteroatoms. The highest BCUT2D eigenvalue weighted by Gasteiger charge is 2.26. The Bertz CT molecular complexity index is 434. The first-order chi connectivity index (χ1) is 8.97. The van der Waals surface area contributed by atoms with E-state index in [-0.39, 0.29) is 0 Å². The highest BCUT2D eigenvalue weighted by atomic mass is 35.5. The average molecular weight is 301 g/mol. The average Bonchev–Trinajstić information content (AvgIpc) is 2.34. The number of rotatable bonds is 3. The lowest BCUT2D eigenvalue weighted by atomic mass is 9.99. The summed E-state index contributed by atoms with van der Waals surface area (Å²) in [5.74, 6) is 0.649. The highest BCUT2D eigenvalue weighted by molar-refractivity contribution is 6.35. The molecule has 1 aromatic carbocycles. The molecular formula is C15H22Cl2N2. The highest BCUT2D eigenvalue weighted by Crippen LogP contribution is 2.24. The Kier molecular flexibility index (Phi) is 5.13. The third-order valence-corrected chi connectivity index (χ3v) is 4.51. The Balaban J connectivity index is 2.07. The number of halogens is 2. The van der Waals surface area contributed by atoms with Crippen LogP contribution in [0, 0.1) is 5.92 Å². The minimum Gasteiger partial charge on any atom is -0.311 e. The molecule has 0 bridgehead atoms. The largest absolute Gasteiger partial charge is 0.311 e. The van der Waals surface area contributed by atoms with Gasteiger partial charge in [-0.25, -0.2) is 0 Å². The molecule has 1 N–H and O–H groups in total. The van der Waals surface area contributed by atoms with Gasteiger partial charge in [0, 0.05) is 41.8 Å². The Morgan fingerprint density at radius 3 is 2.74 bits per heavy atom. The fourth-order valence-corrected chi connectivity index (χ4v) is 2.95. The van der Waals surface area contributed by atoms with Crippen molar-refractivity contribution in [3.63, 3.8) is 0 Å². The predicted octanol–water partition coefficient (Wildman–Crippen LogP) is 3.81. The zero-order valence-electron chi connectivity index (χ0n) is 11.8. The molecule has 19 heavy (non-hydrogen) atoms. The van der Waals surface area contributed by atoms with E-state index >= 15 is 0 Å². The molecule has 2 unspecified atom stereocenters. The SMILES string of the molecule is CC(C)C1CN(Cc2ccc(Cl)cc2Cl)C(C)CN1. The van der Waals surface area contributed by atoms with Gasteiger partial charge in [0.05, 0.1) is 0 Å². The van der Waals surface area contributed by atoms with Gasteiger partial charge in [-0.05, 0) is 30.5 Å². The van der Waals surface area contributed by atoms with E-state index in [9.17, 15) is 0 Å². The molecule has 0 amide bonds. The number of hydrogen-bond donors (Lipinski definition) is 1. The second-order valence-electron chi connectivity index (χ2n) is 5.77. The normalized spacial score (nSPS) is 24.9. The molecule has 106 valence electrons. The summed E-state index contributed by atoms with van der Waals surface area (Å²) in [7, 11) is 0. The van der Waals surface area contributed by atoms with E-state index in [0.29, 0.717) is 23.0 Å². The van der Waals surface area contributed by atoms with Gasteiger partial charge in [-0.3, -0.25) is 4.90 Å². The first-order valence-electron chi connectivity index (χ1n) is 6.88. The maximum Gasteiger partial charge on any atom is 0.0465 e. The van der Waals surface area contributed by atoms with Crippen molar-refractivity contribution in [1.29, 1.82) is 0 Å². The van der Waals surface area contributed by atoms with Crippen LogP contribution in [0.25, 0.3) is 0 Å². The van der Waals surface area contributed by atoms with Crippen molar-refractivity contribution in [3.8, 4) is 0 Å². The van der Waals surface area contributed by atoms with Crippen molar-refractivity contribution in [2.24, 2.45) is 5.92 Å². The van der Waals surface area contributed by atoms with E-state index < -0.39 is 0 Å².